The molecule has 0 heterocycles. The molecule has 1 aromatic carbocycles. The summed E-state index contributed by atoms with van der Waals surface area (Å²) in [4.78, 5) is 249. The van der Waals surface area contributed by atoms with Crippen LogP contribution in [0.5, 0.6) is 0 Å². The first-order chi connectivity index (χ1) is 56.8. The Morgan fingerprint density at radius 3 is 1.21 bits per heavy atom. The van der Waals surface area contributed by atoms with Gasteiger partial charge in [-0.05, 0) is 113 Å². The van der Waals surface area contributed by atoms with Crippen LogP contribution in [0.15, 0.2) is 40.3 Å². The zero-order valence-corrected chi connectivity index (χ0v) is 71.7. The van der Waals surface area contributed by atoms with Crippen LogP contribution in [0.3, 0.4) is 0 Å². The Bertz CT molecular complexity index is 3710. The summed E-state index contributed by atoms with van der Waals surface area (Å²) in [5.74, 6) is -21.8. The average Bonchev–Trinajstić information content (AvgIpc) is 0.856. The summed E-state index contributed by atoms with van der Waals surface area (Å²) in [6, 6.07) is -12.9. The summed E-state index contributed by atoms with van der Waals surface area (Å²) in [6.07, 6.45) is -2.58. The van der Waals surface area contributed by atoms with E-state index >= 15 is 0 Å². The number of nitrogens with zero attached hydrogens (tertiary/aromatic N) is 2. The van der Waals surface area contributed by atoms with E-state index in [2.05, 4.69) is 115 Å². The molecule has 30 N–H and O–H groups in total. The van der Waals surface area contributed by atoms with Gasteiger partial charge in [-0.1, -0.05) is 71.9 Å². The smallest absolute Gasteiger partial charge is 0.322 e. The van der Waals surface area contributed by atoms with Crippen LogP contribution < -0.4 is 108 Å². The van der Waals surface area contributed by atoms with E-state index in [9.17, 15) is 107 Å². The number of thioether (sulfide) groups is 1. The molecular formula is C73H122N22O23S3. The number of nitrogens with one attached hydrogen (secondary N) is 15. The Morgan fingerprint density at radius 1 is 0.413 bits per heavy atom. The summed E-state index contributed by atoms with van der Waals surface area (Å²) in [7, 11) is 0. The number of aliphatic hydroxyl groups excluding tert-OH is 2. The second-order valence-electron chi connectivity index (χ2n) is 29.3. The van der Waals surface area contributed by atoms with Gasteiger partial charge in [-0.2, -0.15) is 37.0 Å². The van der Waals surface area contributed by atoms with Crippen molar-refractivity contribution < 1.29 is 112 Å². The largest absolute Gasteiger partial charge is 0.481 e. The summed E-state index contributed by atoms with van der Waals surface area (Å²) in [5.41, 5.74) is 28.6. The molecule has 15 atom stereocenters. The Kier molecular flexibility index (Phi) is 51.3. The van der Waals surface area contributed by atoms with Crippen molar-refractivity contribution in [1.29, 1.82) is 0 Å². The number of amides is 15. The number of hydrogen-bond acceptors (Lipinski definition) is 26. The Balaban J connectivity index is 3.37. The number of rotatable bonds is 59. The molecule has 0 fully saturated rings. The molecule has 1 aromatic rings. The molecule has 0 radical (unpaired) electrons. The molecule has 0 aliphatic carbocycles. The maximum atomic E-state index is 14.2. The van der Waals surface area contributed by atoms with Gasteiger partial charge in [0.1, 0.15) is 85.1 Å². The Labute approximate surface area is 715 Å². The van der Waals surface area contributed by atoms with Crippen LogP contribution in [-0.4, -0.2) is 291 Å². The number of carboxylic acid groups (broad SMARTS) is 3. The lowest BCUT2D eigenvalue weighted by Crippen LogP contribution is -2.63. The third-order valence-corrected chi connectivity index (χ3v) is 19.0. The number of benzene rings is 1. The van der Waals surface area contributed by atoms with E-state index in [0.29, 0.717) is 11.3 Å². The monoisotopic (exact) mass is 1770 g/mol. The molecule has 0 unspecified atom stereocenters. The van der Waals surface area contributed by atoms with Crippen molar-refractivity contribution in [2.45, 2.75) is 223 Å². The maximum absolute atomic E-state index is 14.2. The highest BCUT2D eigenvalue weighted by Crippen LogP contribution is 2.14. The molecule has 45 nitrogen and oxygen atoms in total. The molecule has 0 spiro atoms. The van der Waals surface area contributed by atoms with E-state index in [1.54, 1.807) is 64.3 Å². The first kappa shape index (κ1) is 108. The fraction of sp³-hybridized carbons (Fsp3) is 0.644. The number of carbonyl (C=O) groups excluding carboxylic acids is 15. The standard InChI is InChI=1S/C73H122N22O23S3/c1-35(2)27-47(65(112)87-42(17-13-24-79-72(75)76)60(107)81-30-52(98)84-50(33-119)68(115)88-46(23-26-121-9)64(111)86-43(18-14-25-80-73(77)78)61(108)82-31-55(103)104)90-58(105)38(7)83-62(109)44(19-21-53(99)100)89-70(117)56(37(5)6)94-67(114)49(32-96)92-71(118)57(39(8)97)95-66(113)48(28-36(3)4)91-69(116)51(34-120)93-63(110)45(20-22-54(101)102)85-59(106)41(74)29-40-15-11-10-12-16-40/h10-12,15-16,35-39,41-51,56-57,96-97,119-120H,13-14,17-34,74H2,1-9H3,(H,81,107)(H,82,108)(H,83,109)(H,84,98)(H,85,106)(H,86,111)(H,87,112)(H,88,115)(H,89,117)(H,90,105)(H,91,116)(H,92,118)(H,93,110)(H,94,114)(H,95,113)(H,99,100)(H,101,102)(H,103,104)(H4,75,76,79)(H4,77,78,80)/t38-,39+,41-,42-,43-,44-,45-,46-,47-,48-,49-,50-,51-,56-,57-/m0/s1. The van der Waals surface area contributed by atoms with Crippen molar-refractivity contribution in [3.8, 4) is 0 Å². The van der Waals surface area contributed by atoms with Gasteiger partial charge >= 0.3 is 17.9 Å². The fourth-order valence-electron chi connectivity index (χ4n) is 11.2. The van der Waals surface area contributed by atoms with E-state index in [1.807, 2.05) is 0 Å². The summed E-state index contributed by atoms with van der Waals surface area (Å²) in [5, 5.41) is 85.5. The molecule has 0 saturated heterocycles. The van der Waals surface area contributed by atoms with E-state index in [0.717, 1.165) is 6.92 Å². The second kappa shape index (κ2) is 57.4. The summed E-state index contributed by atoms with van der Waals surface area (Å²) >= 11 is 9.70. The molecule has 1 rings (SSSR count). The van der Waals surface area contributed by atoms with Gasteiger partial charge in [-0.15, -0.1) is 0 Å². The van der Waals surface area contributed by atoms with E-state index in [-0.39, 0.29) is 94.0 Å². The SMILES string of the molecule is CSCC[C@H](NC(=O)[C@H](CS)NC(=O)CNC(=O)[C@H](CCCN=C(N)N)NC(=O)[C@H](CC(C)C)NC(=O)[C@H](C)NC(=O)[C@H](CCC(=O)O)NC(=O)[C@@H](NC(=O)[C@H](CO)NC(=O)[C@@H](NC(=O)[C@H](CC(C)C)NC(=O)[C@H](CS)NC(=O)[C@H](CCC(=O)O)NC(=O)[C@@H](N)Cc1ccccc1)[C@@H](C)O)C(C)C)C(=O)N[C@@H](CCCN=C(N)N)C(=O)NCC(=O)O. The molecule has 680 valence electrons. The van der Waals surface area contributed by atoms with Crippen molar-refractivity contribution in [3.63, 3.8) is 0 Å². The first-order valence-corrected chi connectivity index (χ1v) is 41.5. The zero-order chi connectivity index (χ0) is 91.9. The lowest BCUT2D eigenvalue weighted by Gasteiger charge is -2.29. The lowest BCUT2D eigenvalue weighted by atomic mass is 10.0. The molecule has 0 aliphatic rings. The van der Waals surface area contributed by atoms with Crippen LogP contribution in [0, 0.1) is 17.8 Å². The van der Waals surface area contributed by atoms with Crippen molar-refractivity contribution in [2.75, 3.05) is 56.3 Å². The fourth-order valence-corrected chi connectivity index (χ4v) is 12.2. The number of aliphatic imine (C=N–C) groups is 2. The predicted molar refractivity (Wildman–Crippen MR) is 449 cm³/mol. The van der Waals surface area contributed by atoms with E-state index in [1.165, 1.54) is 32.5 Å². The topological polar surface area (TPSA) is 744 Å². The van der Waals surface area contributed by atoms with Gasteiger partial charge in [-0.25, -0.2) is 0 Å². The Morgan fingerprint density at radius 2 is 0.777 bits per heavy atom. The van der Waals surface area contributed by atoms with Gasteiger partial charge in [0, 0.05) is 37.4 Å². The lowest BCUT2D eigenvalue weighted by molar-refractivity contribution is -0.139. The van der Waals surface area contributed by atoms with Crippen molar-refractivity contribution in [3.05, 3.63) is 35.9 Å². The third-order valence-electron chi connectivity index (χ3n) is 17.6. The molecule has 0 saturated carbocycles. The van der Waals surface area contributed by atoms with Gasteiger partial charge in [0.25, 0.3) is 0 Å². The minimum atomic E-state index is -1.94. The minimum Gasteiger partial charge on any atom is -0.481 e. The van der Waals surface area contributed by atoms with Crippen LogP contribution in [-0.2, 0) is 92.7 Å². The highest BCUT2D eigenvalue weighted by atomic mass is 32.2. The van der Waals surface area contributed by atoms with Gasteiger partial charge in [0.2, 0.25) is 88.6 Å². The highest BCUT2D eigenvalue weighted by Gasteiger charge is 2.39. The van der Waals surface area contributed by atoms with Crippen molar-refractivity contribution in [2.24, 2.45) is 56.4 Å². The van der Waals surface area contributed by atoms with Crippen LogP contribution in [0.2, 0.25) is 0 Å². The summed E-state index contributed by atoms with van der Waals surface area (Å²) < 4.78 is 0. The van der Waals surface area contributed by atoms with E-state index < -0.39 is 254 Å². The molecule has 0 bridgehead atoms. The van der Waals surface area contributed by atoms with Crippen LogP contribution in [0.1, 0.15) is 132 Å². The van der Waals surface area contributed by atoms with E-state index in [4.69, 9.17) is 33.8 Å². The van der Waals surface area contributed by atoms with Crippen LogP contribution in [0.25, 0.3) is 0 Å². The number of nitrogens with two attached hydrogens (primary N) is 5. The van der Waals surface area contributed by atoms with Crippen LogP contribution in [0.4, 0.5) is 0 Å². The number of carbonyl (C=O) groups is 18. The van der Waals surface area contributed by atoms with Crippen LogP contribution >= 0.6 is 37.0 Å². The molecule has 0 aromatic heterocycles. The molecule has 0 aliphatic heterocycles. The van der Waals surface area contributed by atoms with Gasteiger partial charge in [0.15, 0.2) is 11.9 Å². The quantitative estimate of drug-likeness (QED) is 0.0125. The normalized spacial score (nSPS) is 14.8. The average molecular weight is 1770 g/mol. The van der Waals surface area contributed by atoms with Crippen molar-refractivity contribution >= 4 is 155 Å². The predicted octanol–water partition coefficient (Wildman–Crippen LogP) is -8.23. The second-order valence-corrected chi connectivity index (χ2v) is 31.1. The number of guanidine groups is 2. The zero-order valence-electron chi connectivity index (χ0n) is 69.1. The number of hydrogen-bond donors (Lipinski definition) is 27. The molecule has 48 heteroatoms. The molecule has 15 amide bonds. The highest BCUT2D eigenvalue weighted by molar-refractivity contribution is 7.98. The van der Waals surface area contributed by atoms with Gasteiger partial charge < -0.3 is 134 Å². The van der Waals surface area contributed by atoms with Gasteiger partial charge in [-0.3, -0.25) is 96.3 Å². The number of aliphatic hydroxyl groups is 2. The number of carboxylic acids is 3. The first-order valence-electron chi connectivity index (χ1n) is 38.8. The van der Waals surface area contributed by atoms with Gasteiger partial charge in [0.05, 0.1) is 25.3 Å². The molecular weight excluding hydrogens is 1650 g/mol. The number of thiol groups is 2. The van der Waals surface area contributed by atoms with Crippen molar-refractivity contribution in [1.82, 2.24) is 79.8 Å². The summed E-state index contributed by atoms with van der Waals surface area (Å²) in [6.45, 7) is 9.08. The number of aliphatic carboxylic acids is 3. The molecule has 121 heavy (non-hydrogen) atoms. The third kappa shape index (κ3) is 43.8. The maximum Gasteiger partial charge on any atom is 0.322 e. The Hall–Kier alpha value is -10.9. The minimum absolute atomic E-state index is 0.0135.